The number of hydrogen-bond acceptors (Lipinski definition) is 18. The van der Waals surface area contributed by atoms with Crippen molar-refractivity contribution in [3.05, 3.63) is 101 Å². The Kier molecular flexibility index (Phi) is 25.0. The molecule has 86 heavy (non-hydrogen) atoms. The quantitative estimate of drug-likeness (QED) is 0.0234. The van der Waals surface area contributed by atoms with Gasteiger partial charge in [-0.1, -0.05) is 62.7 Å². The number of aromatic nitrogens is 3. The summed E-state index contributed by atoms with van der Waals surface area (Å²) in [5, 5.41) is 23.5. The van der Waals surface area contributed by atoms with E-state index >= 15 is 0 Å². The molecule has 21 nitrogen and oxygen atoms in total. The van der Waals surface area contributed by atoms with Gasteiger partial charge in [0.1, 0.15) is 23.7 Å². The van der Waals surface area contributed by atoms with Crippen LogP contribution in [0, 0.1) is 18.2 Å². The molecule has 0 radical (unpaired) electrons. The van der Waals surface area contributed by atoms with E-state index in [1.807, 2.05) is 52.6 Å². The summed E-state index contributed by atoms with van der Waals surface area (Å²) in [5.74, 6) is -0.146. The van der Waals surface area contributed by atoms with Crippen molar-refractivity contribution in [1.29, 1.82) is 0 Å². The number of ether oxygens (including phenoxy) is 5. The molecule has 2 aromatic heterocycles. The molecule has 0 bridgehead atoms. The van der Waals surface area contributed by atoms with Crippen molar-refractivity contribution in [1.82, 2.24) is 45.2 Å². The number of nitrogens with one attached hydrogen (secondary N) is 4. The second-order valence-electron chi connectivity index (χ2n) is 22.9. The number of carbonyl (C=O) groups is 4. The van der Waals surface area contributed by atoms with E-state index in [9.17, 15) is 28.7 Å². The summed E-state index contributed by atoms with van der Waals surface area (Å²) in [6.45, 7) is 17.6. The number of β-amino-alcohol motifs (C(OH)–C–C–N with tert-alkyl or cyclic N) is 1. The Balaban J connectivity index is 0.613. The normalized spacial score (nSPS) is 17.7. The number of piperazine rings is 1. The molecule has 3 fully saturated rings. The predicted molar refractivity (Wildman–Crippen MR) is 330 cm³/mol. The third-order valence-electron chi connectivity index (χ3n) is 15.7. The number of aliphatic hydroxyl groups is 1. The molecule has 8 rings (SSSR count). The van der Waals surface area contributed by atoms with Gasteiger partial charge in [0.25, 0.3) is 0 Å². The van der Waals surface area contributed by atoms with Crippen LogP contribution in [0.5, 0.6) is 5.75 Å². The minimum Gasteiger partial charge on any atom is -0.494 e. The third-order valence-corrected chi connectivity index (χ3v) is 17.0. The van der Waals surface area contributed by atoms with Crippen LogP contribution in [0.3, 0.4) is 0 Å². The second kappa shape index (κ2) is 32.6. The molecule has 3 aliphatic rings. The number of amides is 4. The zero-order valence-electron chi connectivity index (χ0n) is 50.0. The molecule has 0 aliphatic carbocycles. The van der Waals surface area contributed by atoms with Gasteiger partial charge in [-0.2, -0.15) is 0 Å². The number of carbonyl (C=O) groups excluding carboxylic acids is 4. The Morgan fingerprint density at radius 2 is 1.55 bits per heavy atom. The number of aryl methyl sites for hydroxylation is 1. The number of rotatable bonds is 30. The van der Waals surface area contributed by atoms with E-state index in [2.05, 4.69) is 66.8 Å². The fraction of sp³-hybridized carbons (Fsp3) is 0.532. The Hall–Kier alpha value is -6.25. The van der Waals surface area contributed by atoms with E-state index in [-0.39, 0.29) is 53.1 Å². The first-order valence-corrected chi connectivity index (χ1v) is 30.8. The van der Waals surface area contributed by atoms with Crippen molar-refractivity contribution < 1.29 is 52.4 Å². The van der Waals surface area contributed by atoms with Gasteiger partial charge >= 0.3 is 0 Å². The number of methoxy groups -OCH3 is 1. The van der Waals surface area contributed by atoms with E-state index in [1.54, 1.807) is 29.5 Å². The van der Waals surface area contributed by atoms with Crippen molar-refractivity contribution in [2.45, 2.75) is 90.6 Å². The summed E-state index contributed by atoms with van der Waals surface area (Å²) < 4.78 is 42.0. The lowest BCUT2D eigenvalue weighted by Crippen LogP contribution is -2.54. The maximum atomic E-state index is 13.8. The molecule has 0 spiro atoms. The molecular weight excluding hydrogens is 1150 g/mol. The SMILES string of the molecule is COc1cc2ncnc(Nc3ccc(F)c(Cl)c3)c2cc1NC(=O)/C=C/CN1CCC(N2CCN(C(=O)CCOCCOCCOCCOCCC(=O)N[C@H](CN3C[C@H](O)C[C@H]3C(=O)NCc3ccc(-c4scnc4C)cc3)C(C)(C)C)CC2)CC1. The van der Waals surface area contributed by atoms with Crippen LogP contribution in [0.25, 0.3) is 21.3 Å². The maximum Gasteiger partial charge on any atom is 0.248 e. The Bertz CT molecular complexity index is 3050. The molecule has 3 atom stereocenters. The monoisotopic (exact) mass is 1230 g/mol. The molecule has 5 heterocycles. The van der Waals surface area contributed by atoms with Crippen LogP contribution in [0.4, 0.5) is 21.6 Å². The minimum atomic E-state index is -0.637. The molecule has 0 saturated carbocycles. The standard InChI is InChI=1S/C62H83ClFN11O10S/c1-42-59(86-41-68-42)44-10-8-43(9-11-44)37-65-61(80)53-34-47(76)38-75(53)39-55(62(2,3)4)71-57(78)16-25-82-27-29-84-31-32-85-30-28-83-26-17-58(79)74-23-21-73(22-24-74)46-14-19-72(20-15-46)18-6-7-56(77)70-52-35-48-51(36-54(52)81-5)66-40-67-60(48)69-45-12-13-50(64)49(63)33-45/h6-13,33,35-36,40-41,46-47,53,55,76H,14-32,34,37-39H2,1-5H3,(H,65,80)(H,70,77)(H,71,78)(H,66,67,69)/b7-6+/t47-,53+,55-/m1/s1. The van der Waals surface area contributed by atoms with Gasteiger partial charge in [-0.3, -0.25) is 33.9 Å². The Morgan fingerprint density at radius 1 is 0.860 bits per heavy atom. The lowest BCUT2D eigenvalue weighted by atomic mass is 9.86. The van der Waals surface area contributed by atoms with Crippen LogP contribution in [-0.4, -0.2) is 206 Å². The molecule has 4 amide bonds. The van der Waals surface area contributed by atoms with Crippen LogP contribution >= 0.6 is 22.9 Å². The van der Waals surface area contributed by atoms with E-state index in [0.717, 1.165) is 60.7 Å². The number of fused-ring (bicyclic) bond motifs is 1. The number of hydrogen-bond donors (Lipinski definition) is 5. The topological polar surface area (TPSA) is 234 Å². The van der Waals surface area contributed by atoms with Crippen molar-refractivity contribution in [2.24, 2.45) is 5.41 Å². The molecule has 3 aromatic carbocycles. The lowest BCUT2D eigenvalue weighted by molar-refractivity contribution is -0.134. The van der Waals surface area contributed by atoms with Crippen molar-refractivity contribution in [3.63, 3.8) is 0 Å². The van der Waals surface area contributed by atoms with Crippen LogP contribution in [0.15, 0.2) is 78.6 Å². The molecular formula is C62H83ClFN11O10S. The van der Waals surface area contributed by atoms with Gasteiger partial charge in [-0.25, -0.2) is 19.3 Å². The number of anilines is 3. The molecule has 466 valence electrons. The van der Waals surface area contributed by atoms with Crippen LogP contribution in [-0.2, 0) is 44.7 Å². The first-order valence-electron chi connectivity index (χ1n) is 29.6. The fourth-order valence-corrected chi connectivity index (χ4v) is 11.7. The van der Waals surface area contributed by atoms with Crippen LogP contribution in [0.2, 0.25) is 5.02 Å². The number of nitrogens with zero attached hydrogens (tertiary/aromatic N) is 7. The van der Waals surface area contributed by atoms with E-state index in [0.29, 0.717) is 138 Å². The van der Waals surface area contributed by atoms with Crippen LogP contribution < -0.4 is 26.0 Å². The number of halogens is 2. The Morgan fingerprint density at radius 3 is 2.20 bits per heavy atom. The largest absolute Gasteiger partial charge is 0.494 e. The summed E-state index contributed by atoms with van der Waals surface area (Å²) in [5.41, 5.74) is 6.16. The Labute approximate surface area is 512 Å². The van der Waals surface area contributed by atoms with E-state index in [1.165, 1.54) is 31.6 Å². The van der Waals surface area contributed by atoms with E-state index in [4.69, 9.17) is 35.3 Å². The number of piperidine rings is 1. The summed E-state index contributed by atoms with van der Waals surface area (Å²) in [6, 6.07) is 15.5. The number of benzene rings is 3. The number of aliphatic hydroxyl groups excluding tert-OH is 1. The summed E-state index contributed by atoms with van der Waals surface area (Å²) in [7, 11) is 1.52. The molecule has 0 unspecified atom stereocenters. The smallest absolute Gasteiger partial charge is 0.248 e. The van der Waals surface area contributed by atoms with Gasteiger partial charge < -0.3 is 55.0 Å². The fourth-order valence-electron chi connectivity index (χ4n) is 10.7. The van der Waals surface area contributed by atoms with Crippen LogP contribution in [0.1, 0.15) is 64.1 Å². The van der Waals surface area contributed by atoms with Gasteiger partial charge in [-0.05, 0) is 80.1 Å². The van der Waals surface area contributed by atoms with Crippen molar-refractivity contribution in [3.8, 4) is 16.2 Å². The zero-order valence-corrected chi connectivity index (χ0v) is 51.6. The molecule has 5 aromatic rings. The predicted octanol–water partition coefficient (Wildman–Crippen LogP) is 6.84. The minimum absolute atomic E-state index is 0.0229. The second-order valence-corrected chi connectivity index (χ2v) is 24.1. The highest BCUT2D eigenvalue weighted by Gasteiger charge is 2.39. The molecule has 5 N–H and O–H groups in total. The summed E-state index contributed by atoms with van der Waals surface area (Å²) in [4.78, 5) is 75.5. The average molecular weight is 1230 g/mol. The third kappa shape index (κ3) is 19.6. The zero-order chi connectivity index (χ0) is 61.0. The van der Waals surface area contributed by atoms with Crippen molar-refractivity contribution in [2.75, 3.05) is 130 Å². The highest BCUT2D eigenvalue weighted by Crippen LogP contribution is 2.34. The van der Waals surface area contributed by atoms with Gasteiger partial charge in [0.15, 0.2) is 0 Å². The maximum absolute atomic E-state index is 13.8. The number of likely N-dealkylation sites (tertiary alicyclic amines) is 2. The molecule has 3 saturated heterocycles. The first-order chi connectivity index (χ1) is 41.5. The number of thiazole rings is 1. The summed E-state index contributed by atoms with van der Waals surface area (Å²) in [6.07, 6.45) is 7.00. The van der Waals surface area contributed by atoms with Gasteiger partial charge in [0, 0.05) is 94.1 Å². The van der Waals surface area contributed by atoms with Gasteiger partial charge in [0.2, 0.25) is 23.6 Å². The molecule has 3 aliphatic heterocycles. The van der Waals surface area contributed by atoms with Gasteiger partial charge in [-0.15, -0.1) is 11.3 Å². The first kappa shape index (κ1) is 65.7. The summed E-state index contributed by atoms with van der Waals surface area (Å²) >= 11 is 7.59. The molecule has 24 heteroatoms. The highest BCUT2D eigenvalue weighted by atomic mass is 35.5. The van der Waals surface area contributed by atoms with Gasteiger partial charge in [0.05, 0.1) is 111 Å². The van der Waals surface area contributed by atoms with Crippen molar-refractivity contribution >= 4 is 74.7 Å². The highest BCUT2D eigenvalue weighted by molar-refractivity contribution is 7.13. The lowest BCUT2D eigenvalue weighted by Gasteiger charge is -2.42. The average Bonchev–Trinajstić information content (AvgIpc) is 1.89. The van der Waals surface area contributed by atoms with E-state index < -0.39 is 18.0 Å².